The molecule has 1 saturated heterocycles. The van der Waals surface area contributed by atoms with Crippen molar-refractivity contribution in [3.05, 3.63) is 66.0 Å². The zero-order chi connectivity index (χ0) is 18.4. The lowest BCUT2D eigenvalue weighted by atomic mass is 10.2. The van der Waals surface area contributed by atoms with Crippen molar-refractivity contribution in [3.8, 4) is 5.75 Å². The molecule has 0 bridgehead atoms. The predicted molar refractivity (Wildman–Crippen MR) is 102 cm³/mol. The van der Waals surface area contributed by atoms with Gasteiger partial charge in [0.2, 0.25) is 5.91 Å². The van der Waals surface area contributed by atoms with Gasteiger partial charge in [-0.25, -0.2) is 4.39 Å². The molecule has 0 atom stereocenters. The van der Waals surface area contributed by atoms with Gasteiger partial charge in [0, 0.05) is 32.3 Å². The molecule has 5 heteroatoms. The molecule has 0 N–H and O–H groups in total. The lowest BCUT2D eigenvalue weighted by Crippen LogP contribution is -2.48. The van der Waals surface area contributed by atoms with Gasteiger partial charge in [0.05, 0.1) is 12.3 Å². The van der Waals surface area contributed by atoms with Gasteiger partial charge in [0.1, 0.15) is 11.6 Å². The second-order valence-electron chi connectivity index (χ2n) is 6.10. The second kappa shape index (κ2) is 8.52. The summed E-state index contributed by atoms with van der Waals surface area (Å²) < 4.78 is 18.6. The molecule has 0 aliphatic carbocycles. The summed E-state index contributed by atoms with van der Waals surface area (Å²) in [5.74, 6) is 0.579. The quantitative estimate of drug-likeness (QED) is 0.770. The van der Waals surface area contributed by atoms with E-state index in [0.29, 0.717) is 19.7 Å². The Kier molecular flexibility index (Phi) is 5.89. The zero-order valence-electron chi connectivity index (χ0n) is 14.9. The van der Waals surface area contributed by atoms with Gasteiger partial charge >= 0.3 is 0 Å². The van der Waals surface area contributed by atoms with Gasteiger partial charge in [0.25, 0.3) is 0 Å². The number of hydrogen-bond acceptors (Lipinski definition) is 3. The van der Waals surface area contributed by atoms with Crippen molar-refractivity contribution in [2.24, 2.45) is 0 Å². The van der Waals surface area contributed by atoms with Gasteiger partial charge in [-0.2, -0.15) is 0 Å². The fourth-order valence-electron chi connectivity index (χ4n) is 3.01. The number of carbonyl (C=O) groups excluding carboxylic acids is 1. The van der Waals surface area contributed by atoms with E-state index in [1.54, 1.807) is 24.3 Å². The average molecular weight is 354 g/mol. The molecule has 2 aromatic rings. The van der Waals surface area contributed by atoms with Crippen LogP contribution in [-0.4, -0.2) is 43.6 Å². The number of rotatable bonds is 5. The minimum Gasteiger partial charge on any atom is -0.492 e. The van der Waals surface area contributed by atoms with E-state index in [0.717, 1.165) is 30.1 Å². The third-order valence-corrected chi connectivity index (χ3v) is 4.39. The van der Waals surface area contributed by atoms with Crippen LogP contribution in [0.2, 0.25) is 0 Å². The molecule has 0 aromatic heterocycles. The first-order valence-electron chi connectivity index (χ1n) is 8.86. The Hall–Kier alpha value is -2.82. The standard InChI is InChI=1S/C21H23FN2O2/c1-2-26-20-6-4-3-5-19(20)23-13-15-24(16-14-23)21(25)12-9-17-7-10-18(22)11-8-17/h3-12H,2,13-16H2,1H3/b12-9-. The Morgan fingerprint density at radius 1 is 1.08 bits per heavy atom. The fourth-order valence-corrected chi connectivity index (χ4v) is 3.01. The number of halogens is 1. The van der Waals surface area contributed by atoms with Crippen LogP contribution >= 0.6 is 0 Å². The summed E-state index contributed by atoms with van der Waals surface area (Å²) in [6.45, 7) is 5.45. The largest absolute Gasteiger partial charge is 0.492 e. The normalized spacial score (nSPS) is 14.7. The van der Waals surface area contributed by atoms with Gasteiger partial charge in [-0.1, -0.05) is 24.3 Å². The van der Waals surface area contributed by atoms with Gasteiger partial charge in [-0.05, 0) is 42.8 Å². The van der Waals surface area contributed by atoms with Crippen molar-refractivity contribution >= 4 is 17.7 Å². The number of piperazine rings is 1. The van der Waals surface area contributed by atoms with Crippen LogP contribution in [0, 0.1) is 5.82 Å². The molecule has 136 valence electrons. The van der Waals surface area contributed by atoms with Crippen molar-refractivity contribution in [1.82, 2.24) is 4.90 Å². The summed E-state index contributed by atoms with van der Waals surface area (Å²) in [6.07, 6.45) is 3.27. The Balaban J connectivity index is 1.58. The van der Waals surface area contributed by atoms with E-state index >= 15 is 0 Å². The van der Waals surface area contributed by atoms with Gasteiger partial charge in [-0.15, -0.1) is 0 Å². The summed E-state index contributed by atoms with van der Waals surface area (Å²) in [6, 6.07) is 14.1. The van der Waals surface area contributed by atoms with Crippen LogP contribution in [0.3, 0.4) is 0 Å². The molecular weight excluding hydrogens is 331 g/mol. The molecule has 0 unspecified atom stereocenters. The topological polar surface area (TPSA) is 32.8 Å². The molecule has 1 aliphatic rings. The smallest absolute Gasteiger partial charge is 0.246 e. The molecule has 0 saturated carbocycles. The monoisotopic (exact) mass is 354 g/mol. The third-order valence-electron chi connectivity index (χ3n) is 4.39. The summed E-state index contributed by atoms with van der Waals surface area (Å²) in [4.78, 5) is 16.5. The highest BCUT2D eigenvalue weighted by Crippen LogP contribution is 2.28. The van der Waals surface area contributed by atoms with Crippen molar-refractivity contribution in [1.29, 1.82) is 0 Å². The molecule has 1 amide bonds. The molecule has 2 aromatic carbocycles. The number of carbonyl (C=O) groups is 1. The number of para-hydroxylation sites is 2. The molecule has 4 nitrogen and oxygen atoms in total. The Morgan fingerprint density at radius 3 is 2.46 bits per heavy atom. The maximum absolute atomic E-state index is 12.9. The number of anilines is 1. The van der Waals surface area contributed by atoms with Crippen LogP contribution in [0.5, 0.6) is 5.75 Å². The van der Waals surface area contributed by atoms with Crippen molar-refractivity contribution in [2.75, 3.05) is 37.7 Å². The number of nitrogens with zero attached hydrogens (tertiary/aromatic N) is 2. The summed E-state index contributed by atoms with van der Waals surface area (Å²) in [5, 5.41) is 0. The van der Waals surface area contributed by atoms with E-state index in [9.17, 15) is 9.18 Å². The zero-order valence-corrected chi connectivity index (χ0v) is 14.9. The molecule has 26 heavy (non-hydrogen) atoms. The lowest BCUT2D eigenvalue weighted by Gasteiger charge is -2.36. The number of amides is 1. The van der Waals surface area contributed by atoms with Gasteiger partial charge < -0.3 is 14.5 Å². The van der Waals surface area contributed by atoms with Crippen molar-refractivity contribution < 1.29 is 13.9 Å². The van der Waals surface area contributed by atoms with E-state index < -0.39 is 0 Å². The first-order valence-corrected chi connectivity index (χ1v) is 8.86. The number of hydrogen-bond donors (Lipinski definition) is 0. The molecule has 1 fully saturated rings. The van der Waals surface area contributed by atoms with Crippen LogP contribution in [-0.2, 0) is 4.79 Å². The predicted octanol–water partition coefficient (Wildman–Crippen LogP) is 3.59. The van der Waals surface area contributed by atoms with E-state index in [1.807, 2.05) is 30.0 Å². The highest BCUT2D eigenvalue weighted by molar-refractivity contribution is 5.92. The average Bonchev–Trinajstić information content (AvgIpc) is 2.68. The maximum atomic E-state index is 12.9. The van der Waals surface area contributed by atoms with Gasteiger partial charge in [-0.3, -0.25) is 4.79 Å². The molecule has 3 rings (SSSR count). The minimum absolute atomic E-state index is 0.0212. The third kappa shape index (κ3) is 4.42. The van der Waals surface area contributed by atoms with E-state index in [1.165, 1.54) is 12.1 Å². The Labute approximate surface area is 153 Å². The van der Waals surface area contributed by atoms with Crippen LogP contribution < -0.4 is 9.64 Å². The summed E-state index contributed by atoms with van der Waals surface area (Å²) in [7, 11) is 0. The van der Waals surface area contributed by atoms with Crippen molar-refractivity contribution in [3.63, 3.8) is 0 Å². The van der Waals surface area contributed by atoms with Crippen LogP contribution in [0.15, 0.2) is 54.6 Å². The van der Waals surface area contributed by atoms with E-state index in [-0.39, 0.29) is 11.7 Å². The highest BCUT2D eigenvalue weighted by Gasteiger charge is 2.21. The van der Waals surface area contributed by atoms with Crippen LogP contribution in [0.1, 0.15) is 12.5 Å². The summed E-state index contributed by atoms with van der Waals surface area (Å²) >= 11 is 0. The molecular formula is C21H23FN2O2. The highest BCUT2D eigenvalue weighted by atomic mass is 19.1. The molecule has 0 radical (unpaired) electrons. The van der Waals surface area contributed by atoms with E-state index in [2.05, 4.69) is 11.0 Å². The number of benzene rings is 2. The second-order valence-corrected chi connectivity index (χ2v) is 6.10. The Morgan fingerprint density at radius 2 is 1.77 bits per heavy atom. The first kappa shape index (κ1) is 18.0. The molecule has 1 aliphatic heterocycles. The lowest BCUT2D eigenvalue weighted by molar-refractivity contribution is -0.126. The minimum atomic E-state index is -0.281. The maximum Gasteiger partial charge on any atom is 0.246 e. The van der Waals surface area contributed by atoms with E-state index in [4.69, 9.17) is 4.74 Å². The van der Waals surface area contributed by atoms with Crippen molar-refractivity contribution in [2.45, 2.75) is 6.92 Å². The van der Waals surface area contributed by atoms with Crippen LogP contribution in [0.4, 0.5) is 10.1 Å². The molecule has 1 heterocycles. The van der Waals surface area contributed by atoms with Crippen LogP contribution in [0.25, 0.3) is 6.08 Å². The van der Waals surface area contributed by atoms with Gasteiger partial charge in [0.15, 0.2) is 0 Å². The SMILES string of the molecule is CCOc1ccccc1N1CCN(C(=O)/C=C\c2ccc(F)cc2)CC1. The first-order chi connectivity index (χ1) is 12.7. The number of ether oxygens (including phenoxy) is 1. The Bertz CT molecular complexity index is 766. The summed E-state index contributed by atoms with van der Waals surface area (Å²) in [5.41, 5.74) is 1.88. The molecule has 0 spiro atoms. The fraction of sp³-hybridized carbons (Fsp3) is 0.286.